The third-order valence-electron chi connectivity index (χ3n) is 6.90. The van der Waals surface area contributed by atoms with E-state index >= 15 is 0 Å². The fourth-order valence-corrected chi connectivity index (χ4v) is 6.56. The molecule has 2 fully saturated rings. The van der Waals surface area contributed by atoms with Gasteiger partial charge in [0, 0.05) is 44.1 Å². The number of likely N-dealkylation sites (tertiary alicyclic amines) is 1. The molecule has 2 aromatic rings. The van der Waals surface area contributed by atoms with Gasteiger partial charge in [0.1, 0.15) is 17.3 Å². The van der Waals surface area contributed by atoms with E-state index in [2.05, 4.69) is 0 Å². The van der Waals surface area contributed by atoms with Crippen LogP contribution in [-0.2, 0) is 14.8 Å². The van der Waals surface area contributed by atoms with E-state index in [9.17, 15) is 17.6 Å². The largest absolute Gasteiger partial charge is 0.497 e. The SMILES string of the molecule is COc1cccc(S(=O)(=O)N2CCC[C@@](COc3ccc(F)cc3)(CC(=O)N3CCCCC3)C2)c1. The monoisotopic (exact) mass is 504 g/mol. The van der Waals surface area contributed by atoms with Crippen molar-refractivity contribution in [2.45, 2.75) is 43.4 Å². The second-order valence-corrected chi connectivity index (χ2v) is 11.4. The molecule has 9 heteroatoms. The molecule has 0 aliphatic carbocycles. The molecule has 0 N–H and O–H groups in total. The maximum Gasteiger partial charge on any atom is 0.243 e. The van der Waals surface area contributed by atoms with Crippen LogP contribution < -0.4 is 9.47 Å². The maximum atomic E-state index is 13.5. The number of rotatable bonds is 8. The highest BCUT2D eigenvalue weighted by Crippen LogP contribution is 2.38. The highest BCUT2D eigenvalue weighted by atomic mass is 32.2. The van der Waals surface area contributed by atoms with Crippen LogP contribution in [0.2, 0.25) is 0 Å². The van der Waals surface area contributed by atoms with Crippen molar-refractivity contribution >= 4 is 15.9 Å². The van der Waals surface area contributed by atoms with Crippen molar-refractivity contribution in [1.82, 2.24) is 9.21 Å². The average molecular weight is 505 g/mol. The highest BCUT2D eigenvalue weighted by molar-refractivity contribution is 7.89. The summed E-state index contributed by atoms with van der Waals surface area (Å²) in [5.41, 5.74) is -0.687. The number of piperidine rings is 2. The van der Waals surface area contributed by atoms with Gasteiger partial charge in [0.05, 0.1) is 18.6 Å². The smallest absolute Gasteiger partial charge is 0.243 e. The van der Waals surface area contributed by atoms with E-state index in [1.54, 1.807) is 30.3 Å². The Hall–Kier alpha value is -2.65. The fraction of sp³-hybridized carbons (Fsp3) is 0.500. The van der Waals surface area contributed by atoms with Crippen LogP contribution in [0.3, 0.4) is 0 Å². The normalized spacial score (nSPS) is 21.5. The molecule has 4 rings (SSSR count). The van der Waals surface area contributed by atoms with Crippen molar-refractivity contribution in [3.63, 3.8) is 0 Å². The number of ether oxygens (including phenoxy) is 2. The second-order valence-electron chi connectivity index (χ2n) is 9.48. The Morgan fingerprint density at radius 1 is 1.00 bits per heavy atom. The van der Waals surface area contributed by atoms with Crippen LogP contribution in [0.1, 0.15) is 38.5 Å². The predicted octanol–water partition coefficient (Wildman–Crippen LogP) is 4.09. The van der Waals surface area contributed by atoms with Crippen molar-refractivity contribution < 1.29 is 27.1 Å². The molecule has 2 aliphatic heterocycles. The lowest BCUT2D eigenvalue weighted by molar-refractivity contribution is -0.136. The van der Waals surface area contributed by atoms with Gasteiger partial charge in [0.25, 0.3) is 0 Å². The van der Waals surface area contributed by atoms with Crippen molar-refractivity contribution in [1.29, 1.82) is 0 Å². The summed E-state index contributed by atoms with van der Waals surface area (Å²) < 4.78 is 53.1. The Morgan fingerprint density at radius 2 is 1.74 bits per heavy atom. The summed E-state index contributed by atoms with van der Waals surface area (Å²) in [7, 11) is -2.29. The fourth-order valence-electron chi connectivity index (χ4n) is 4.93. The summed E-state index contributed by atoms with van der Waals surface area (Å²) in [6.45, 7) is 2.19. The zero-order valence-corrected chi connectivity index (χ0v) is 20.9. The minimum Gasteiger partial charge on any atom is -0.497 e. The maximum absolute atomic E-state index is 13.5. The van der Waals surface area contributed by atoms with Gasteiger partial charge in [0.15, 0.2) is 0 Å². The summed E-state index contributed by atoms with van der Waals surface area (Å²) in [6.07, 6.45) is 4.58. The van der Waals surface area contributed by atoms with Gasteiger partial charge < -0.3 is 14.4 Å². The van der Waals surface area contributed by atoms with E-state index in [-0.39, 0.29) is 36.2 Å². The first kappa shape index (κ1) is 25.4. The van der Waals surface area contributed by atoms with Crippen molar-refractivity contribution in [2.24, 2.45) is 5.41 Å². The molecule has 0 radical (unpaired) electrons. The first-order valence-corrected chi connectivity index (χ1v) is 13.6. The molecule has 0 spiro atoms. The quantitative estimate of drug-likeness (QED) is 0.541. The minimum atomic E-state index is -3.79. The molecule has 0 bridgehead atoms. The Morgan fingerprint density at radius 3 is 2.46 bits per heavy atom. The molecule has 2 aromatic carbocycles. The molecule has 0 unspecified atom stereocenters. The predicted molar refractivity (Wildman–Crippen MR) is 130 cm³/mol. The second kappa shape index (κ2) is 11.0. The molecular formula is C26H33FN2O5S. The Labute approximate surface area is 206 Å². The number of nitrogens with zero attached hydrogens (tertiary/aromatic N) is 2. The lowest BCUT2D eigenvalue weighted by atomic mass is 9.78. The molecule has 2 heterocycles. The minimum absolute atomic E-state index is 0.0352. The average Bonchev–Trinajstić information content (AvgIpc) is 2.89. The first-order chi connectivity index (χ1) is 16.8. The van der Waals surface area contributed by atoms with Gasteiger partial charge in [-0.3, -0.25) is 4.79 Å². The highest BCUT2D eigenvalue weighted by Gasteiger charge is 2.43. The van der Waals surface area contributed by atoms with Crippen LogP contribution in [0.5, 0.6) is 11.5 Å². The molecule has 1 atom stereocenters. The number of hydrogen-bond donors (Lipinski definition) is 0. The van der Waals surface area contributed by atoms with E-state index in [1.165, 1.54) is 29.6 Å². The van der Waals surface area contributed by atoms with E-state index in [4.69, 9.17) is 9.47 Å². The van der Waals surface area contributed by atoms with Gasteiger partial charge in [-0.15, -0.1) is 0 Å². The van der Waals surface area contributed by atoms with Crippen LogP contribution in [0.15, 0.2) is 53.4 Å². The van der Waals surface area contributed by atoms with Crippen LogP contribution in [0, 0.1) is 11.2 Å². The standard InChI is InChI=1S/C26H33FN2O5S/c1-33-23-7-5-8-24(17-23)35(31,32)29-16-6-13-26(19-29,18-25(30)28-14-3-2-4-15-28)20-34-22-11-9-21(27)10-12-22/h5,7-12,17H,2-4,6,13-16,18-20H2,1H3/t26-/m1/s1. The van der Waals surface area contributed by atoms with Crippen LogP contribution in [0.4, 0.5) is 4.39 Å². The third kappa shape index (κ3) is 6.13. The summed E-state index contributed by atoms with van der Waals surface area (Å²) in [5, 5.41) is 0. The lowest BCUT2D eigenvalue weighted by Gasteiger charge is -2.42. The Balaban J connectivity index is 1.58. The molecule has 7 nitrogen and oxygen atoms in total. The van der Waals surface area contributed by atoms with Gasteiger partial charge >= 0.3 is 0 Å². The van der Waals surface area contributed by atoms with Crippen LogP contribution >= 0.6 is 0 Å². The number of carbonyl (C=O) groups is 1. The summed E-state index contributed by atoms with van der Waals surface area (Å²) >= 11 is 0. The number of benzene rings is 2. The van der Waals surface area contributed by atoms with Gasteiger partial charge in [-0.05, 0) is 68.5 Å². The summed E-state index contributed by atoms with van der Waals surface area (Å²) in [4.78, 5) is 15.3. The van der Waals surface area contributed by atoms with Crippen molar-refractivity contribution in [2.75, 3.05) is 39.9 Å². The Kier molecular flexibility index (Phi) is 7.96. The number of halogens is 1. The van der Waals surface area contributed by atoms with Gasteiger partial charge in [-0.1, -0.05) is 6.07 Å². The number of amides is 1. The number of carbonyl (C=O) groups excluding carboxylic acids is 1. The molecule has 1 amide bonds. The van der Waals surface area contributed by atoms with E-state index in [0.717, 1.165) is 32.4 Å². The number of sulfonamides is 1. The molecular weight excluding hydrogens is 471 g/mol. The van der Waals surface area contributed by atoms with E-state index < -0.39 is 15.4 Å². The summed E-state index contributed by atoms with van der Waals surface area (Å²) in [5.74, 6) is 0.631. The zero-order valence-electron chi connectivity index (χ0n) is 20.1. The Bertz CT molecular complexity index is 1120. The molecule has 0 aromatic heterocycles. The van der Waals surface area contributed by atoms with Gasteiger partial charge in [-0.2, -0.15) is 4.31 Å². The van der Waals surface area contributed by atoms with Crippen LogP contribution in [0.25, 0.3) is 0 Å². The number of methoxy groups -OCH3 is 1. The zero-order chi connectivity index (χ0) is 24.9. The molecule has 2 saturated heterocycles. The molecule has 190 valence electrons. The van der Waals surface area contributed by atoms with Crippen molar-refractivity contribution in [3.05, 3.63) is 54.3 Å². The number of hydrogen-bond acceptors (Lipinski definition) is 5. The van der Waals surface area contributed by atoms with Gasteiger partial charge in [-0.25, -0.2) is 12.8 Å². The van der Waals surface area contributed by atoms with E-state index in [0.29, 0.717) is 30.9 Å². The van der Waals surface area contributed by atoms with Crippen molar-refractivity contribution in [3.8, 4) is 11.5 Å². The van der Waals surface area contributed by atoms with Crippen LogP contribution in [-0.4, -0.2) is 63.4 Å². The lowest BCUT2D eigenvalue weighted by Crippen LogP contribution is -2.51. The van der Waals surface area contributed by atoms with Gasteiger partial charge in [0.2, 0.25) is 15.9 Å². The molecule has 2 aliphatic rings. The topological polar surface area (TPSA) is 76.1 Å². The molecule has 35 heavy (non-hydrogen) atoms. The summed E-state index contributed by atoms with van der Waals surface area (Å²) in [6, 6.07) is 12.2. The van der Waals surface area contributed by atoms with E-state index in [1.807, 2.05) is 4.90 Å². The first-order valence-electron chi connectivity index (χ1n) is 12.1. The molecule has 0 saturated carbocycles. The third-order valence-corrected chi connectivity index (χ3v) is 8.74.